The van der Waals surface area contributed by atoms with Crippen LogP contribution in [0.5, 0.6) is 5.75 Å². The van der Waals surface area contributed by atoms with E-state index in [1.165, 1.54) is 0 Å². The molecule has 0 aromatic heterocycles. The fraction of sp³-hybridized carbons (Fsp3) is 0.364. The van der Waals surface area contributed by atoms with Crippen molar-refractivity contribution < 1.29 is 19.1 Å². The highest BCUT2D eigenvalue weighted by molar-refractivity contribution is 6.06. The van der Waals surface area contributed by atoms with Gasteiger partial charge in [-0.15, -0.1) is 0 Å². The molecule has 5 nitrogen and oxygen atoms in total. The summed E-state index contributed by atoms with van der Waals surface area (Å²) in [6, 6.07) is 8.89. The molecule has 0 bridgehead atoms. The van der Waals surface area contributed by atoms with Gasteiger partial charge in [0, 0.05) is 11.3 Å². The van der Waals surface area contributed by atoms with Crippen LogP contribution in [-0.2, 0) is 4.74 Å². The van der Waals surface area contributed by atoms with Crippen molar-refractivity contribution in [2.75, 3.05) is 19.0 Å². The maximum Gasteiger partial charge on any atom is 0.338 e. The Morgan fingerprint density at radius 1 is 1.07 bits per heavy atom. The smallest absolute Gasteiger partial charge is 0.338 e. The third-order valence-corrected chi connectivity index (χ3v) is 4.44. The third-order valence-electron chi connectivity index (χ3n) is 4.44. The molecule has 0 radical (unpaired) electrons. The van der Waals surface area contributed by atoms with E-state index in [1.807, 2.05) is 26.0 Å². The minimum absolute atomic E-state index is 0.221. The Labute approximate surface area is 160 Å². The number of ether oxygens (including phenoxy) is 2. The van der Waals surface area contributed by atoms with E-state index in [1.54, 1.807) is 32.2 Å². The molecule has 0 saturated carbocycles. The highest BCUT2D eigenvalue weighted by Gasteiger charge is 2.17. The number of benzene rings is 2. The number of carbonyl (C=O) groups is 2. The molecule has 1 amide bonds. The quantitative estimate of drug-likeness (QED) is 0.738. The van der Waals surface area contributed by atoms with Gasteiger partial charge in [0.1, 0.15) is 5.75 Å². The van der Waals surface area contributed by atoms with Gasteiger partial charge in [0.15, 0.2) is 0 Å². The topological polar surface area (TPSA) is 64.6 Å². The molecule has 144 valence electrons. The Morgan fingerprint density at radius 3 is 2.37 bits per heavy atom. The minimum Gasteiger partial charge on any atom is -0.496 e. The lowest BCUT2D eigenvalue weighted by Crippen LogP contribution is -2.16. The summed E-state index contributed by atoms with van der Waals surface area (Å²) in [5.41, 5.74) is 4.25. The number of carbonyl (C=O) groups excluding carboxylic acids is 2. The first kappa shape index (κ1) is 20.5. The summed E-state index contributed by atoms with van der Waals surface area (Å²) in [7, 11) is 1.63. The summed E-state index contributed by atoms with van der Waals surface area (Å²) < 4.78 is 10.5. The maximum atomic E-state index is 12.9. The summed E-state index contributed by atoms with van der Waals surface area (Å²) in [6.07, 6.45) is 0. The molecule has 1 N–H and O–H groups in total. The lowest BCUT2D eigenvalue weighted by molar-refractivity contribution is 0.0526. The van der Waals surface area contributed by atoms with Crippen molar-refractivity contribution in [3.05, 3.63) is 58.1 Å². The summed E-state index contributed by atoms with van der Waals surface area (Å²) in [5, 5.41) is 2.92. The Bertz CT molecular complexity index is 856. The molecule has 0 unspecified atom stereocenters. The van der Waals surface area contributed by atoms with Gasteiger partial charge in [-0.3, -0.25) is 4.79 Å². The first-order chi connectivity index (χ1) is 12.8. The highest BCUT2D eigenvalue weighted by Crippen LogP contribution is 2.30. The van der Waals surface area contributed by atoms with Crippen LogP contribution in [0.15, 0.2) is 30.3 Å². The van der Waals surface area contributed by atoms with Gasteiger partial charge in [-0.05, 0) is 67.6 Å². The van der Waals surface area contributed by atoms with Crippen molar-refractivity contribution in [2.45, 2.75) is 40.5 Å². The van der Waals surface area contributed by atoms with E-state index in [2.05, 4.69) is 19.2 Å². The summed E-state index contributed by atoms with van der Waals surface area (Å²) in [6.45, 7) is 9.93. The molecule has 2 aromatic rings. The normalized spacial score (nSPS) is 10.6. The van der Waals surface area contributed by atoms with E-state index < -0.39 is 5.97 Å². The van der Waals surface area contributed by atoms with Crippen LogP contribution in [0.4, 0.5) is 5.69 Å². The number of aryl methyl sites for hydroxylation is 2. The van der Waals surface area contributed by atoms with Crippen molar-refractivity contribution in [2.24, 2.45) is 0 Å². The predicted molar refractivity (Wildman–Crippen MR) is 107 cm³/mol. The Hall–Kier alpha value is -2.82. The molecule has 0 heterocycles. The number of hydrogen-bond acceptors (Lipinski definition) is 4. The van der Waals surface area contributed by atoms with E-state index in [4.69, 9.17) is 9.47 Å². The van der Waals surface area contributed by atoms with E-state index >= 15 is 0 Å². The molecule has 0 saturated heterocycles. The average molecular weight is 369 g/mol. The minimum atomic E-state index is -0.407. The van der Waals surface area contributed by atoms with Gasteiger partial charge in [0.2, 0.25) is 0 Å². The van der Waals surface area contributed by atoms with Crippen LogP contribution < -0.4 is 10.1 Å². The Kier molecular flexibility index (Phi) is 6.61. The summed E-state index contributed by atoms with van der Waals surface area (Å²) in [5.74, 6) is 0.373. The molecule has 0 spiro atoms. The van der Waals surface area contributed by atoms with Crippen molar-refractivity contribution in [1.29, 1.82) is 0 Å². The zero-order chi connectivity index (χ0) is 20.1. The van der Waals surface area contributed by atoms with Crippen LogP contribution in [0.1, 0.15) is 64.1 Å². The second kappa shape index (κ2) is 8.71. The van der Waals surface area contributed by atoms with Crippen molar-refractivity contribution in [3.8, 4) is 5.75 Å². The summed E-state index contributed by atoms with van der Waals surface area (Å²) in [4.78, 5) is 24.9. The molecule has 5 heteroatoms. The first-order valence-corrected chi connectivity index (χ1v) is 9.06. The molecule has 2 rings (SSSR count). The fourth-order valence-corrected chi connectivity index (χ4v) is 2.86. The molecule has 0 aliphatic carbocycles. The average Bonchev–Trinajstić information content (AvgIpc) is 2.62. The van der Waals surface area contributed by atoms with E-state index in [0.717, 1.165) is 22.4 Å². The van der Waals surface area contributed by atoms with Gasteiger partial charge in [-0.2, -0.15) is 0 Å². The molecule has 27 heavy (non-hydrogen) atoms. The van der Waals surface area contributed by atoms with Gasteiger partial charge in [-0.1, -0.05) is 19.9 Å². The maximum absolute atomic E-state index is 12.9. The SMILES string of the molecule is CCOC(=O)c1ccc(C)c(NC(=O)c2cc(C(C)C)c(OC)cc2C)c1. The van der Waals surface area contributed by atoms with Gasteiger partial charge in [-0.25, -0.2) is 4.79 Å². The van der Waals surface area contributed by atoms with Crippen LogP contribution in [0.3, 0.4) is 0 Å². The fourth-order valence-electron chi connectivity index (χ4n) is 2.86. The van der Waals surface area contributed by atoms with Crippen LogP contribution in [0.25, 0.3) is 0 Å². The van der Waals surface area contributed by atoms with Crippen molar-refractivity contribution in [1.82, 2.24) is 0 Å². The number of hydrogen-bond donors (Lipinski definition) is 1. The van der Waals surface area contributed by atoms with Crippen LogP contribution in [-0.4, -0.2) is 25.6 Å². The highest BCUT2D eigenvalue weighted by atomic mass is 16.5. The van der Waals surface area contributed by atoms with E-state index in [9.17, 15) is 9.59 Å². The van der Waals surface area contributed by atoms with E-state index in [0.29, 0.717) is 23.4 Å². The van der Waals surface area contributed by atoms with Crippen molar-refractivity contribution in [3.63, 3.8) is 0 Å². The molecule has 0 aliphatic rings. The zero-order valence-electron chi connectivity index (χ0n) is 16.8. The molecular weight excluding hydrogens is 342 g/mol. The van der Waals surface area contributed by atoms with Crippen LogP contribution in [0, 0.1) is 13.8 Å². The number of methoxy groups -OCH3 is 1. The second-order valence-corrected chi connectivity index (χ2v) is 6.77. The lowest BCUT2D eigenvalue weighted by Gasteiger charge is -2.17. The van der Waals surface area contributed by atoms with Gasteiger partial charge in [0.25, 0.3) is 5.91 Å². The molecule has 0 aliphatic heterocycles. The van der Waals surface area contributed by atoms with Gasteiger partial charge in [0.05, 0.1) is 19.3 Å². The Morgan fingerprint density at radius 2 is 1.78 bits per heavy atom. The molecule has 0 fully saturated rings. The monoisotopic (exact) mass is 369 g/mol. The second-order valence-electron chi connectivity index (χ2n) is 6.77. The Balaban J connectivity index is 2.36. The van der Waals surface area contributed by atoms with E-state index in [-0.39, 0.29) is 11.8 Å². The number of esters is 1. The lowest BCUT2D eigenvalue weighted by atomic mass is 9.96. The number of amides is 1. The third kappa shape index (κ3) is 4.67. The summed E-state index contributed by atoms with van der Waals surface area (Å²) >= 11 is 0. The largest absolute Gasteiger partial charge is 0.496 e. The molecular formula is C22H27NO4. The number of anilines is 1. The number of rotatable bonds is 6. The predicted octanol–water partition coefficient (Wildman–Crippen LogP) is 4.86. The molecule has 0 atom stereocenters. The van der Waals surface area contributed by atoms with Crippen LogP contribution >= 0.6 is 0 Å². The van der Waals surface area contributed by atoms with Crippen LogP contribution in [0.2, 0.25) is 0 Å². The van der Waals surface area contributed by atoms with Crippen molar-refractivity contribution >= 4 is 17.6 Å². The zero-order valence-corrected chi connectivity index (χ0v) is 16.8. The number of nitrogens with one attached hydrogen (secondary N) is 1. The standard InChI is InChI=1S/C22H27NO4/c1-7-27-22(25)16-9-8-14(4)19(11-16)23-21(24)18-12-17(13(2)3)20(26-6)10-15(18)5/h8-13H,7H2,1-6H3,(H,23,24). The first-order valence-electron chi connectivity index (χ1n) is 9.06. The van der Waals surface area contributed by atoms with Gasteiger partial charge >= 0.3 is 5.97 Å². The molecule has 2 aromatic carbocycles. The van der Waals surface area contributed by atoms with Gasteiger partial charge < -0.3 is 14.8 Å².